The highest BCUT2D eigenvalue weighted by atomic mass is 16.5. The molecule has 1 aliphatic rings. The third kappa shape index (κ3) is 2.87. The molecule has 0 bridgehead atoms. The number of fused-ring (bicyclic) bond motifs is 1. The maximum atomic E-state index is 12.5. The number of aromatic nitrogens is 1. The predicted octanol–water partition coefficient (Wildman–Crippen LogP) is 3.57. The van der Waals surface area contributed by atoms with Crippen LogP contribution in [0.4, 0.5) is 0 Å². The first kappa shape index (κ1) is 15.1. The number of rotatable bonds is 3. The average molecular weight is 300 g/mol. The normalized spacial score (nSPS) is 16.6. The van der Waals surface area contributed by atoms with Crippen LogP contribution < -0.4 is 0 Å². The van der Waals surface area contributed by atoms with Gasteiger partial charge in [0.1, 0.15) is 5.69 Å². The van der Waals surface area contributed by atoms with Crippen molar-refractivity contribution in [1.82, 2.24) is 10.1 Å². The van der Waals surface area contributed by atoms with Crippen LogP contribution in [0.25, 0.3) is 11.0 Å². The van der Waals surface area contributed by atoms with Gasteiger partial charge in [-0.15, -0.1) is 0 Å². The zero-order valence-corrected chi connectivity index (χ0v) is 13.6. The average Bonchev–Trinajstić information content (AvgIpc) is 2.92. The molecular weight excluding hydrogens is 276 g/mol. The highest BCUT2D eigenvalue weighted by Crippen LogP contribution is 2.26. The molecule has 118 valence electrons. The lowest BCUT2D eigenvalue weighted by Crippen LogP contribution is -2.40. The summed E-state index contributed by atoms with van der Waals surface area (Å²) in [6, 6.07) is 5.96. The number of hydrogen-bond acceptors (Lipinski definition) is 3. The highest BCUT2D eigenvalue weighted by molar-refractivity contribution is 5.87. The summed E-state index contributed by atoms with van der Waals surface area (Å²) < 4.78 is 5.40. The smallest absolute Gasteiger partial charge is 0.228 e. The van der Waals surface area contributed by atoms with Crippen molar-refractivity contribution in [1.29, 1.82) is 0 Å². The maximum absolute atomic E-state index is 12.5. The summed E-state index contributed by atoms with van der Waals surface area (Å²) in [6.45, 7) is 8.28. The van der Waals surface area contributed by atoms with Crippen molar-refractivity contribution < 1.29 is 9.32 Å². The molecule has 1 saturated heterocycles. The van der Waals surface area contributed by atoms with Crippen LogP contribution >= 0.6 is 0 Å². The zero-order valence-electron chi connectivity index (χ0n) is 13.6. The second-order valence-corrected chi connectivity index (χ2v) is 6.72. The molecule has 4 heteroatoms. The molecule has 1 aromatic carbocycles. The van der Waals surface area contributed by atoms with Crippen LogP contribution in [0.15, 0.2) is 22.7 Å². The molecule has 0 saturated carbocycles. The number of carbonyl (C=O) groups is 1. The van der Waals surface area contributed by atoms with Gasteiger partial charge in [-0.2, -0.15) is 0 Å². The van der Waals surface area contributed by atoms with Crippen molar-refractivity contribution >= 4 is 16.9 Å². The molecule has 1 aromatic heterocycles. The zero-order chi connectivity index (χ0) is 15.7. The molecule has 1 fully saturated rings. The molecule has 1 amide bonds. The Balaban J connectivity index is 1.68. The van der Waals surface area contributed by atoms with Crippen LogP contribution in [-0.4, -0.2) is 29.1 Å². The van der Waals surface area contributed by atoms with Crippen LogP contribution in [0, 0.1) is 18.8 Å². The fourth-order valence-electron chi connectivity index (χ4n) is 3.35. The van der Waals surface area contributed by atoms with Gasteiger partial charge in [0, 0.05) is 18.5 Å². The summed E-state index contributed by atoms with van der Waals surface area (Å²) >= 11 is 0. The molecule has 4 nitrogen and oxygen atoms in total. The third-order valence-corrected chi connectivity index (χ3v) is 4.92. The summed E-state index contributed by atoms with van der Waals surface area (Å²) in [6.07, 6.45) is 2.56. The Kier molecular flexibility index (Phi) is 4.19. The summed E-state index contributed by atoms with van der Waals surface area (Å²) in [5.41, 5.74) is 2.61. The molecule has 2 aromatic rings. The van der Waals surface area contributed by atoms with E-state index in [4.69, 9.17) is 4.52 Å². The van der Waals surface area contributed by atoms with Crippen molar-refractivity contribution in [3.63, 3.8) is 0 Å². The summed E-state index contributed by atoms with van der Waals surface area (Å²) in [5, 5.41) is 5.07. The number of hydrogen-bond donors (Lipinski definition) is 0. The number of piperidine rings is 1. The molecule has 0 radical (unpaired) electrons. The molecule has 0 spiro atoms. The van der Waals surface area contributed by atoms with Crippen molar-refractivity contribution in [2.45, 2.75) is 40.0 Å². The Bertz CT molecular complexity index is 667. The van der Waals surface area contributed by atoms with Crippen LogP contribution in [0.3, 0.4) is 0 Å². The van der Waals surface area contributed by atoms with Crippen LogP contribution in [-0.2, 0) is 11.2 Å². The second-order valence-electron chi connectivity index (χ2n) is 6.72. The minimum absolute atomic E-state index is 0.166. The van der Waals surface area contributed by atoms with E-state index in [1.54, 1.807) is 0 Å². The highest BCUT2D eigenvalue weighted by Gasteiger charge is 2.25. The summed E-state index contributed by atoms with van der Waals surface area (Å²) in [7, 11) is 0. The van der Waals surface area contributed by atoms with Gasteiger partial charge in [0.2, 0.25) is 5.91 Å². The Morgan fingerprint density at radius 3 is 2.77 bits per heavy atom. The minimum atomic E-state index is 0.166. The molecule has 0 N–H and O–H groups in total. The molecule has 0 aliphatic carbocycles. The van der Waals surface area contributed by atoms with Gasteiger partial charge in [0.25, 0.3) is 0 Å². The topological polar surface area (TPSA) is 46.3 Å². The number of para-hydroxylation sites is 1. The fourth-order valence-corrected chi connectivity index (χ4v) is 3.35. The number of carbonyl (C=O) groups excluding carboxylic acids is 1. The SMILES string of the molecule is Cc1cccc2c(CC(=O)N3CCC(C(C)C)CC3)noc12. The lowest BCUT2D eigenvalue weighted by atomic mass is 9.86. The number of likely N-dealkylation sites (tertiary alicyclic amines) is 1. The van der Waals surface area contributed by atoms with E-state index >= 15 is 0 Å². The largest absolute Gasteiger partial charge is 0.356 e. The Morgan fingerprint density at radius 1 is 1.36 bits per heavy atom. The first-order chi connectivity index (χ1) is 10.6. The molecule has 2 heterocycles. The quantitative estimate of drug-likeness (QED) is 0.870. The van der Waals surface area contributed by atoms with Crippen molar-refractivity contribution in [3.8, 4) is 0 Å². The van der Waals surface area contributed by atoms with E-state index in [0.717, 1.165) is 54.1 Å². The lowest BCUT2D eigenvalue weighted by molar-refractivity contribution is -0.132. The van der Waals surface area contributed by atoms with Gasteiger partial charge in [-0.3, -0.25) is 4.79 Å². The van der Waals surface area contributed by atoms with Crippen LogP contribution in [0.1, 0.15) is 37.9 Å². The second kappa shape index (κ2) is 6.11. The van der Waals surface area contributed by atoms with E-state index in [0.29, 0.717) is 12.3 Å². The Morgan fingerprint density at radius 2 is 2.09 bits per heavy atom. The van der Waals surface area contributed by atoms with E-state index in [9.17, 15) is 4.79 Å². The predicted molar refractivity (Wildman–Crippen MR) is 86.6 cm³/mol. The van der Waals surface area contributed by atoms with E-state index in [1.165, 1.54) is 0 Å². The van der Waals surface area contributed by atoms with E-state index in [2.05, 4.69) is 19.0 Å². The number of aryl methyl sites for hydroxylation is 1. The van der Waals surface area contributed by atoms with Crippen molar-refractivity contribution in [3.05, 3.63) is 29.5 Å². The molecule has 0 atom stereocenters. The van der Waals surface area contributed by atoms with Gasteiger partial charge in [-0.1, -0.05) is 31.1 Å². The van der Waals surface area contributed by atoms with Gasteiger partial charge in [0.15, 0.2) is 5.58 Å². The van der Waals surface area contributed by atoms with Gasteiger partial charge < -0.3 is 9.42 Å². The molecule has 3 rings (SSSR count). The molecular formula is C18H24N2O2. The number of nitrogens with zero attached hydrogens (tertiary/aromatic N) is 2. The fraction of sp³-hybridized carbons (Fsp3) is 0.556. The lowest BCUT2D eigenvalue weighted by Gasteiger charge is -2.33. The standard InChI is InChI=1S/C18H24N2O2/c1-12(2)14-7-9-20(10-8-14)17(21)11-16-15-6-4-5-13(3)18(15)22-19-16/h4-6,12,14H,7-11H2,1-3H3. The summed E-state index contributed by atoms with van der Waals surface area (Å²) in [5.74, 6) is 1.62. The van der Waals surface area contributed by atoms with E-state index < -0.39 is 0 Å². The Labute approximate surface area is 131 Å². The van der Waals surface area contributed by atoms with Gasteiger partial charge in [0.05, 0.1) is 6.42 Å². The van der Waals surface area contributed by atoms with Crippen LogP contribution in [0.2, 0.25) is 0 Å². The third-order valence-electron chi connectivity index (χ3n) is 4.92. The van der Waals surface area contributed by atoms with Crippen LogP contribution in [0.5, 0.6) is 0 Å². The Hall–Kier alpha value is -1.84. The molecule has 22 heavy (non-hydrogen) atoms. The van der Waals surface area contributed by atoms with Crippen molar-refractivity contribution in [2.24, 2.45) is 11.8 Å². The van der Waals surface area contributed by atoms with Gasteiger partial charge in [-0.05, 0) is 43.2 Å². The molecule has 0 unspecified atom stereocenters. The first-order valence-electron chi connectivity index (χ1n) is 8.18. The van der Waals surface area contributed by atoms with Crippen molar-refractivity contribution in [2.75, 3.05) is 13.1 Å². The summed E-state index contributed by atoms with van der Waals surface area (Å²) in [4.78, 5) is 14.5. The van der Waals surface area contributed by atoms with E-state index in [-0.39, 0.29) is 5.91 Å². The van der Waals surface area contributed by atoms with Gasteiger partial charge >= 0.3 is 0 Å². The van der Waals surface area contributed by atoms with E-state index in [1.807, 2.05) is 30.0 Å². The minimum Gasteiger partial charge on any atom is -0.356 e. The molecule has 1 aliphatic heterocycles. The number of amides is 1. The monoisotopic (exact) mass is 300 g/mol. The number of benzene rings is 1. The van der Waals surface area contributed by atoms with Gasteiger partial charge in [-0.25, -0.2) is 0 Å². The maximum Gasteiger partial charge on any atom is 0.228 e. The first-order valence-corrected chi connectivity index (χ1v) is 8.18.